The van der Waals surface area contributed by atoms with E-state index in [1.807, 2.05) is 24.3 Å². The van der Waals surface area contributed by atoms with E-state index < -0.39 is 10.0 Å². The van der Waals surface area contributed by atoms with E-state index in [4.69, 9.17) is 5.73 Å². The third-order valence-corrected chi connectivity index (χ3v) is 5.73. The fraction of sp³-hybridized carbons (Fsp3) is 0.357. The minimum Gasteiger partial charge on any atom is -0.330 e. The van der Waals surface area contributed by atoms with E-state index in [1.54, 1.807) is 7.05 Å². The van der Waals surface area contributed by atoms with Gasteiger partial charge in [-0.2, -0.15) is 13.5 Å². The summed E-state index contributed by atoms with van der Waals surface area (Å²) < 4.78 is 28.6. The number of anilines is 1. The Morgan fingerprint density at radius 1 is 1.33 bits per heavy atom. The second kappa shape index (κ2) is 5.16. The van der Waals surface area contributed by atoms with Crippen LogP contribution >= 0.6 is 0 Å². The third kappa shape index (κ3) is 2.22. The number of aryl methyl sites for hydroxylation is 1. The maximum Gasteiger partial charge on any atom is 0.281 e. The summed E-state index contributed by atoms with van der Waals surface area (Å²) in [5.41, 5.74) is 7.45. The van der Waals surface area contributed by atoms with Crippen LogP contribution in [0.5, 0.6) is 0 Å². The molecule has 0 bridgehead atoms. The Bertz CT molecular complexity index is 754. The molecule has 7 heteroatoms. The average molecular weight is 306 g/mol. The number of para-hydroxylation sites is 1. The molecule has 0 spiro atoms. The van der Waals surface area contributed by atoms with Crippen molar-refractivity contribution in [3.8, 4) is 0 Å². The standard InChI is InChI=1S/C14H18N4O2S/c1-17-14(7-9-16-17)21(19,20)18-10-11(6-8-15)12-4-2-3-5-13(12)18/h2-5,7,9,11H,6,8,10,15H2,1H3/t11-/m1/s1. The van der Waals surface area contributed by atoms with Gasteiger partial charge >= 0.3 is 0 Å². The lowest BCUT2D eigenvalue weighted by Crippen LogP contribution is -2.31. The summed E-state index contributed by atoms with van der Waals surface area (Å²) in [6.45, 7) is 0.975. The molecule has 1 aliphatic rings. The summed E-state index contributed by atoms with van der Waals surface area (Å²) in [7, 11) is -1.97. The molecule has 2 heterocycles. The maximum atomic E-state index is 12.9. The number of nitrogens with zero attached hydrogens (tertiary/aromatic N) is 3. The average Bonchev–Trinajstić information content (AvgIpc) is 3.05. The van der Waals surface area contributed by atoms with Gasteiger partial charge in [-0.3, -0.25) is 8.99 Å². The molecule has 112 valence electrons. The van der Waals surface area contributed by atoms with E-state index in [2.05, 4.69) is 5.10 Å². The Morgan fingerprint density at radius 3 is 2.76 bits per heavy atom. The second-order valence-electron chi connectivity index (χ2n) is 5.16. The summed E-state index contributed by atoms with van der Waals surface area (Å²) in [5, 5.41) is 4.16. The predicted molar refractivity (Wildman–Crippen MR) is 80.6 cm³/mol. The molecular weight excluding hydrogens is 288 g/mol. The van der Waals surface area contributed by atoms with Crippen molar-refractivity contribution in [3.05, 3.63) is 42.1 Å². The van der Waals surface area contributed by atoms with Crippen molar-refractivity contribution in [3.63, 3.8) is 0 Å². The van der Waals surface area contributed by atoms with Gasteiger partial charge in [-0.15, -0.1) is 0 Å². The van der Waals surface area contributed by atoms with Crippen molar-refractivity contribution in [2.75, 3.05) is 17.4 Å². The van der Waals surface area contributed by atoms with Gasteiger partial charge in [-0.1, -0.05) is 18.2 Å². The highest BCUT2D eigenvalue weighted by Crippen LogP contribution is 2.40. The molecule has 1 atom stereocenters. The van der Waals surface area contributed by atoms with Gasteiger partial charge in [-0.05, 0) is 30.7 Å². The summed E-state index contributed by atoms with van der Waals surface area (Å²) in [5.74, 6) is 0.147. The van der Waals surface area contributed by atoms with E-state index >= 15 is 0 Å². The SMILES string of the molecule is Cn1nccc1S(=O)(=O)N1C[C@@H](CCN)c2ccccc21. The second-order valence-corrected chi connectivity index (χ2v) is 6.97. The van der Waals surface area contributed by atoms with Crippen LogP contribution in [0.1, 0.15) is 17.9 Å². The zero-order valence-electron chi connectivity index (χ0n) is 11.8. The first kappa shape index (κ1) is 14.1. The van der Waals surface area contributed by atoms with Crippen molar-refractivity contribution < 1.29 is 8.42 Å². The number of hydrogen-bond acceptors (Lipinski definition) is 4. The normalized spacial score (nSPS) is 18.0. The highest BCUT2D eigenvalue weighted by molar-refractivity contribution is 7.92. The molecule has 21 heavy (non-hydrogen) atoms. The van der Waals surface area contributed by atoms with Crippen LogP contribution in [-0.2, 0) is 17.1 Å². The van der Waals surface area contributed by atoms with E-state index in [-0.39, 0.29) is 10.9 Å². The van der Waals surface area contributed by atoms with E-state index in [1.165, 1.54) is 21.3 Å². The van der Waals surface area contributed by atoms with Crippen LogP contribution in [0.2, 0.25) is 0 Å². The van der Waals surface area contributed by atoms with Crippen molar-refractivity contribution in [1.29, 1.82) is 0 Å². The fourth-order valence-electron chi connectivity index (χ4n) is 2.86. The molecule has 1 aromatic heterocycles. The van der Waals surface area contributed by atoms with Crippen molar-refractivity contribution in [1.82, 2.24) is 9.78 Å². The number of sulfonamides is 1. The fourth-order valence-corrected chi connectivity index (χ4v) is 4.50. The summed E-state index contributed by atoms with van der Waals surface area (Å²) in [4.78, 5) is 0. The minimum atomic E-state index is -3.60. The van der Waals surface area contributed by atoms with Gasteiger partial charge < -0.3 is 5.73 Å². The number of rotatable bonds is 4. The van der Waals surface area contributed by atoms with E-state index in [0.717, 1.165) is 17.7 Å². The molecule has 0 aliphatic carbocycles. The molecule has 0 amide bonds. The first-order valence-electron chi connectivity index (χ1n) is 6.85. The van der Waals surface area contributed by atoms with Crippen LogP contribution in [0, 0.1) is 0 Å². The molecule has 0 fully saturated rings. The van der Waals surface area contributed by atoms with E-state index in [0.29, 0.717) is 13.1 Å². The van der Waals surface area contributed by atoms with E-state index in [9.17, 15) is 8.42 Å². The lowest BCUT2D eigenvalue weighted by Gasteiger charge is -2.19. The Kier molecular flexibility index (Phi) is 3.46. The first-order chi connectivity index (χ1) is 10.1. The summed E-state index contributed by atoms with van der Waals surface area (Å²) in [6.07, 6.45) is 2.26. The van der Waals surface area contributed by atoms with Crippen LogP contribution in [0.15, 0.2) is 41.6 Å². The molecular formula is C14H18N4O2S. The molecule has 6 nitrogen and oxygen atoms in total. The Morgan fingerprint density at radius 2 is 2.10 bits per heavy atom. The van der Waals surface area contributed by atoms with Crippen molar-refractivity contribution >= 4 is 15.7 Å². The molecule has 2 N–H and O–H groups in total. The number of benzene rings is 1. The Balaban J connectivity index is 2.07. The van der Waals surface area contributed by atoms with Gasteiger partial charge in [0.25, 0.3) is 10.0 Å². The molecule has 0 radical (unpaired) electrons. The van der Waals surface area contributed by atoms with Gasteiger partial charge in [0.15, 0.2) is 5.03 Å². The van der Waals surface area contributed by atoms with Gasteiger partial charge in [0.1, 0.15) is 0 Å². The zero-order valence-corrected chi connectivity index (χ0v) is 12.6. The van der Waals surface area contributed by atoms with Gasteiger partial charge in [0, 0.05) is 19.5 Å². The number of fused-ring (bicyclic) bond motifs is 1. The molecule has 3 rings (SSSR count). The van der Waals surface area contributed by atoms with Crippen molar-refractivity contribution in [2.24, 2.45) is 12.8 Å². The molecule has 1 aromatic carbocycles. The molecule has 0 unspecified atom stereocenters. The quantitative estimate of drug-likeness (QED) is 0.916. The predicted octanol–water partition coefficient (Wildman–Crippen LogP) is 1.06. The van der Waals surface area contributed by atoms with Crippen LogP contribution in [-0.4, -0.2) is 31.3 Å². The molecule has 0 saturated carbocycles. The minimum absolute atomic E-state index is 0.147. The van der Waals surface area contributed by atoms with Gasteiger partial charge in [-0.25, -0.2) is 0 Å². The highest BCUT2D eigenvalue weighted by Gasteiger charge is 2.37. The number of aromatic nitrogens is 2. The van der Waals surface area contributed by atoms with Crippen molar-refractivity contribution in [2.45, 2.75) is 17.4 Å². The van der Waals surface area contributed by atoms with Crippen LogP contribution in [0.3, 0.4) is 0 Å². The number of nitrogens with two attached hydrogens (primary N) is 1. The van der Waals surface area contributed by atoms with Gasteiger partial charge in [0.05, 0.1) is 11.9 Å². The zero-order chi connectivity index (χ0) is 15.0. The maximum absolute atomic E-state index is 12.9. The Labute approximate surface area is 124 Å². The number of hydrogen-bond donors (Lipinski definition) is 1. The highest BCUT2D eigenvalue weighted by atomic mass is 32.2. The first-order valence-corrected chi connectivity index (χ1v) is 8.29. The molecule has 0 saturated heterocycles. The third-order valence-electron chi connectivity index (χ3n) is 3.88. The van der Waals surface area contributed by atoms with Gasteiger partial charge in [0.2, 0.25) is 0 Å². The topological polar surface area (TPSA) is 81.2 Å². The van der Waals surface area contributed by atoms with Crippen LogP contribution in [0.25, 0.3) is 0 Å². The monoisotopic (exact) mass is 306 g/mol. The van der Waals surface area contributed by atoms with Crippen LogP contribution < -0.4 is 10.0 Å². The summed E-state index contributed by atoms with van der Waals surface area (Å²) in [6, 6.07) is 9.14. The Hall–Kier alpha value is -1.86. The lowest BCUT2D eigenvalue weighted by atomic mass is 9.98. The lowest BCUT2D eigenvalue weighted by molar-refractivity contribution is 0.569. The van der Waals surface area contributed by atoms with Crippen LogP contribution in [0.4, 0.5) is 5.69 Å². The molecule has 2 aromatic rings. The summed E-state index contributed by atoms with van der Waals surface area (Å²) >= 11 is 0. The molecule has 1 aliphatic heterocycles. The largest absolute Gasteiger partial charge is 0.330 e. The smallest absolute Gasteiger partial charge is 0.281 e.